The van der Waals surface area contributed by atoms with Gasteiger partial charge in [-0.15, -0.1) is 0 Å². The summed E-state index contributed by atoms with van der Waals surface area (Å²) in [4.78, 5) is 23.4. The summed E-state index contributed by atoms with van der Waals surface area (Å²) in [5, 5.41) is 5.29. The number of hydrogen-bond acceptors (Lipinski definition) is 5. The van der Waals surface area contributed by atoms with Gasteiger partial charge in [-0.05, 0) is 42.0 Å². The van der Waals surface area contributed by atoms with E-state index in [-0.39, 0.29) is 17.3 Å². The molecule has 0 aliphatic rings. The van der Waals surface area contributed by atoms with E-state index >= 15 is 0 Å². The highest BCUT2D eigenvalue weighted by Crippen LogP contribution is 2.12. The van der Waals surface area contributed by atoms with Crippen LogP contribution >= 0.6 is 0 Å². The number of hydrogen-bond donors (Lipinski definition) is 3. The van der Waals surface area contributed by atoms with Crippen LogP contribution in [0.3, 0.4) is 0 Å². The molecule has 0 heterocycles. The lowest BCUT2D eigenvalue weighted by atomic mass is 10.2. The van der Waals surface area contributed by atoms with Crippen LogP contribution in [0.2, 0.25) is 0 Å². The Morgan fingerprint density at radius 3 is 2.19 bits per heavy atom. The second-order valence-electron chi connectivity index (χ2n) is 5.52. The van der Waals surface area contributed by atoms with E-state index in [1.807, 2.05) is 0 Å². The van der Waals surface area contributed by atoms with Crippen LogP contribution in [0.1, 0.15) is 22.8 Å². The van der Waals surface area contributed by atoms with Crippen molar-refractivity contribution in [3.63, 3.8) is 0 Å². The third-order valence-corrected chi connectivity index (χ3v) is 5.16. The lowest BCUT2D eigenvalue weighted by Crippen LogP contribution is -2.24. The average molecular weight is 391 g/mol. The molecule has 0 saturated heterocycles. The van der Waals surface area contributed by atoms with Gasteiger partial charge in [-0.1, -0.05) is 19.1 Å². The van der Waals surface area contributed by atoms with E-state index in [1.54, 1.807) is 31.2 Å². The van der Waals surface area contributed by atoms with Gasteiger partial charge in [-0.25, -0.2) is 17.9 Å². The third-order valence-electron chi connectivity index (χ3n) is 3.60. The number of benzene rings is 2. The smallest absolute Gasteiger partial charge is 0.411 e. The Morgan fingerprint density at radius 1 is 1.00 bits per heavy atom. The van der Waals surface area contributed by atoms with Crippen molar-refractivity contribution in [2.75, 3.05) is 19.0 Å². The number of methoxy groups -OCH3 is 1. The highest BCUT2D eigenvalue weighted by atomic mass is 32.2. The fourth-order valence-electron chi connectivity index (χ4n) is 2.22. The molecule has 0 unspecified atom stereocenters. The first-order chi connectivity index (χ1) is 12.9. The number of ether oxygens (including phenoxy) is 1. The SMILES string of the molecule is CCNS(=O)(=O)c1ccc(C(=O)NCc2ccc(NC(=O)OC)cc2)cc1. The quantitative estimate of drug-likeness (QED) is 0.669. The summed E-state index contributed by atoms with van der Waals surface area (Å²) < 4.78 is 30.7. The fourth-order valence-corrected chi connectivity index (χ4v) is 3.26. The Bertz CT molecular complexity index is 894. The van der Waals surface area contributed by atoms with Gasteiger partial charge in [0.25, 0.3) is 5.91 Å². The third kappa shape index (κ3) is 5.80. The van der Waals surface area contributed by atoms with Gasteiger partial charge >= 0.3 is 6.09 Å². The number of amides is 2. The van der Waals surface area contributed by atoms with E-state index in [4.69, 9.17) is 0 Å². The van der Waals surface area contributed by atoms with Crippen molar-refractivity contribution in [2.24, 2.45) is 0 Å². The molecule has 2 rings (SSSR count). The van der Waals surface area contributed by atoms with Gasteiger partial charge in [0.2, 0.25) is 10.0 Å². The zero-order valence-corrected chi connectivity index (χ0v) is 15.8. The van der Waals surface area contributed by atoms with Crippen molar-refractivity contribution >= 4 is 27.7 Å². The number of rotatable bonds is 7. The summed E-state index contributed by atoms with van der Waals surface area (Å²) >= 11 is 0. The molecule has 144 valence electrons. The first kappa shape index (κ1) is 20.4. The van der Waals surface area contributed by atoms with Gasteiger partial charge in [-0.3, -0.25) is 10.1 Å². The predicted octanol–water partition coefficient (Wildman–Crippen LogP) is 2.09. The summed E-state index contributed by atoms with van der Waals surface area (Å²) in [6.07, 6.45) is -0.560. The van der Waals surface area contributed by atoms with Gasteiger partial charge in [0.1, 0.15) is 0 Å². The molecule has 8 nitrogen and oxygen atoms in total. The molecule has 9 heteroatoms. The topological polar surface area (TPSA) is 114 Å². The number of sulfonamides is 1. The summed E-state index contributed by atoms with van der Waals surface area (Å²) in [5.41, 5.74) is 1.77. The molecular weight excluding hydrogens is 370 g/mol. The van der Waals surface area contributed by atoms with Crippen molar-refractivity contribution in [2.45, 2.75) is 18.4 Å². The van der Waals surface area contributed by atoms with Crippen LogP contribution < -0.4 is 15.4 Å². The molecule has 2 aromatic rings. The van der Waals surface area contributed by atoms with E-state index in [0.29, 0.717) is 17.8 Å². The van der Waals surface area contributed by atoms with Crippen LogP contribution in [-0.2, 0) is 21.3 Å². The van der Waals surface area contributed by atoms with Crippen LogP contribution in [0, 0.1) is 0 Å². The maximum Gasteiger partial charge on any atom is 0.411 e. The molecule has 2 amide bonds. The lowest BCUT2D eigenvalue weighted by Gasteiger charge is -2.08. The van der Waals surface area contributed by atoms with E-state index in [1.165, 1.54) is 31.4 Å². The predicted molar refractivity (Wildman–Crippen MR) is 101 cm³/mol. The number of nitrogens with one attached hydrogen (secondary N) is 3. The molecular formula is C18H21N3O5S. The Kier molecular flexibility index (Phi) is 6.91. The molecule has 3 N–H and O–H groups in total. The van der Waals surface area contributed by atoms with Gasteiger partial charge < -0.3 is 10.1 Å². The van der Waals surface area contributed by atoms with E-state index < -0.39 is 16.1 Å². The Hall–Kier alpha value is -2.91. The fraction of sp³-hybridized carbons (Fsp3) is 0.222. The zero-order chi connectivity index (χ0) is 19.9. The first-order valence-corrected chi connectivity index (χ1v) is 9.66. The molecule has 0 atom stereocenters. The number of anilines is 1. The van der Waals surface area contributed by atoms with Crippen LogP contribution in [0.5, 0.6) is 0 Å². The van der Waals surface area contributed by atoms with Gasteiger partial charge in [-0.2, -0.15) is 0 Å². The van der Waals surface area contributed by atoms with E-state index in [9.17, 15) is 18.0 Å². The Morgan fingerprint density at radius 2 is 1.63 bits per heavy atom. The molecule has 0 radical (unpaired) electrons. The average Bonchev–Trinajstić information content (AvgIpc) is 2.67. The minimum absolute atomic E-state index is 0.106. The van der Waals surface area contributed by atoms with Crippen LogP contribution in [0.4, 0.5) is 10.5 Å². The van der Waals surface area contributed by atoms with E-state index in [2.05, 4.69) is 20.1 Å². The standard InChI is InChI=1S/C18H21N3O5S/c1-3-20-27(24,25)16-10-6-14(7-11-16)17(22)19-12-13-4-8-15(9-5-13)21-18(23)26-2/h4-11,20H,3,12H2,1-2H3,(H,19,22)(H,21,23). The number of carbonyl (C=O) groups is 2. The minimum Gasteiger partial charge on any atom is -0.453 e. The molecule has 0 spiro atoms. The maximum absolute atomic E-state index is 12.2. The normalized spacial score (nSPS) is 10.9. The molecule has 0 aliphatic heterocycles. The van der Waals surface area contributed by atoms with Crippen molar-refractivity contribution in [3.8, 4) is 0 Å². The molecule has 0 fully saturated rings. The highest BCUT2D eigenvalue weighted by Gasteiger charge is 2.13. The maximum atomic E-state index is 12.2. The molecule has 27 heavy (non-hydrogen) atoms. The van der Waals surface area contributed by atoms with Crippen LogP contribution in [0.25, 0.3) is 0 Å². The Balaban J connectivity index is 1.94. The van der Waals surface area contributed by atoms with Crippen molar-refractivity contribution < 1.29 is 22.7 Å². The second kappa shape index (κ2) is 9.15. The summed E-state index contributed by atoms with van der Waals surface area (Å²) in [6, 6.07) is 12.6. The summed E-state index contributed by atoms with van der Waals surface area (Å²) in [7, 11) is -2.26. The lowest BCUT2D eigenvalue weighted by molar-refractivity contribution is 0.0950. The van der Waals surface area contributed by atoms with Crippen molar-refractivity contribution in [3.05, 3.63) is 59.7 Å². The van der Waals surface area contributed by atoms with Crippen molar-refractivity contribution in [1.29, 1.82) is 0 Å². The minimum atomic E-state index is -3.54. The van der Waals surface area contributed by atoms with Crippen LogP contribution in [0.15, 0.2) is 53.4 Å². The van der Waals surface area contributed by atoms with Gasteiger partial charge in [0.05, 0.1) is 12.0 Å². The van der Waals surface area contributed by atoms with Gasteiger partial charge in [0, 0.05) is 24.3 Å². The van der Waals surface area contributed by atoms with Crippen molar-refractivity contribution in [1.82, 2.24) is 10.0 Å². The second-order valence-corrected chi connectivity index (χ2v) is 7.29. The Labute approximate surface area is 158 Å². The number of carbonyl (C=O) groups excluding carboxylic acids is 2. The largest absolute Gasteiger partial charge is 0.453 e. The van der Waals surface area contributed by atoms with E-state index in [0.717, 1.165) is 5.56 Å². The summed E-state index contributed by atoms with van der Waals surface area (Å²) in [6.45, 7) is 2.27. The summed E-state index contributed by atoms with van der Waals surface area (Å²) in [5.74, 6) is -0.320. The first-order valence-electron chi connectivity index (χ1n) is 8.17. The zero-order valence-electron chi connectivity index (χ0n) is 15.0. The molecule has 0 aliphatic carbocycles. The molecule has 0 saturated carbocycles. The molecule has 2 aromatic carbocycles. The van der Waals surface area contributed by atoms with Crippen LogP contribution in [-0.4, -0.2) is 34.1 Å². The van der Waals surface area contributed by atoms with Gasteiger partial charge in [0.15, 0.2) is 0 Å². The monoisotopic (exact) mass is 391 g/mol. The molecule has 0 bridgehead atoms. The molecule has 0 aromatic heterocycles. The highest BCUT2D eigenvalue weighted by molar-refractivity contribution is 7.89.